The molecule has 0 aromatic heterocycles. The molecule has 1 aliphatic heterocycles. The molecular formula is C16H24N2O2. The van der Waals surface area contributed by atoms with Crippen LogP contribution in [0.15, 0.2) is 24.3 Å². The SMILES string of the molecule is CCCc1ccccc1NC(=O)CNC[C@@H]1CCCO1. The summed E-state index contributed by atoms with van der Waals surface area (Å²) in [4.78, 5) is 11.9. The number of nitrogens with one attached hydrogen (secondary N) is 2. The highest BCUT2D eigenvalue weighted by Gasteiger charge is 2.15. The van der Waals surface area contributed by atoms with Gasteiger partial charge in [-0.1, -0.05) is 31.5 Å². The summed E-state index contributed by atoms with van der Waals surface area (Å²) in [7, 11) is 0. The molecule has 1 aromatic carbocycles. The van der Waals surface area contributed by atoms with Gasteiger partial charge >= 0.3 is 0 Å². The number of rotatable bonds is 7. The topological polar surface area (TPSA) is 50.4 Å². The van der Waals surface area contributed by atoms with Crippen LogP contribution in [-0.2, 0) is 16.0 Å². The number of carbonyl (C=O) groups excluding carboxylic acids is 1. The van der Waals surface area contributed by atoms with Crippen LogP contribution in [0.1, 0.15) is 31.7 Å². The van der Waals surface area contributed by atoms with Crippen LogP contribution in [0.3, 0.4) is 0 Å². The van der Waals surface area contributed by atoms with Crippen molar-refractivity contribution in [2.24, 2.45) is 0 Å². The van der Waals surface area contributed by atoms with Gasteiger partial charge in [-0.2, -0.15) is 0 Å². The summed E-state index contributed by atoms with van der Waals surface area (Å²) in [6, 6.07) is 7.99. The molecule has 1 saturated heterocycles. The van der Waals surface area contributed by atoms with Crippen LogP contribution in [0.4, 0.5) is 5.69 Å². The van der Waals surface area contributed by atoms with Gasteiger partial charge in [-0.15, -0.1) is 0 Å². The van der Waals surface area contributed by atoms with Crippen molar-refractivity contribution in [1.29, 1.82) is 0 Å². The van der Waals surface area contributed by atoms with Gasteiger partial charge in [-0.25, -0.2) is 0 Å². The molecule has 1 heterocycles. The number of carbonyl (C=O) groups is 1. The van der Waals surface area contributed by atoms with Crippen molar-refractivity contribution in [3.8, 4) is 0 Å². The molecule has 4 heteroatoms. The van der Waals surface area contributed by atoms with Crippen LogP contribution in [0.25, 0.3) is 0 Å². The molecule has 2 N–H and O–H groups in total. The van der Waals surface area contributed by atoms with Crippen molar-refractivity contribution in [2.75, 3.05) is 25.0 Å². The van der Waals surface area contributed by atoms with Gasteiger partial charge in [0.2, 0.25) is 5.91 Å². The molecule has 1 atom stereocenters. The van der Waals surface area contributed by atoms with Crippen LogP contribution in [-0.4, -0.2) is 31.7 Å². The van der Waals surface area contributed by atoms with Gasteiger partial charge in [-0.3, -0.25) is 4.79 Å². The molecule has 110 valence electrons. The van der Waals surface area contributed by atoms with Gasteiger partial charge < -0.3 is 15.4 Å². The van der Waals surface area contributed by atoms with Crippen LogP contribution in [0.5, 0.6) is 0 Å². The Balaban J connectivity index is 1.75. The predicted molar refractivity (Wildman–Crippen MR) is 80.9 cm³/mol. The van der Waals surface area contributed by atoms with Gasteiger partial charge in [0.1, 0.15) is 0 Å². The summed E-state index contributed by atoms with van der Waals surface area (Å²) < 4.78 is 5.51. The smallest absolute Gasteiger partial charge is 0.238 e. The van der Waals surface area contributed by atoms with Crippen molar-refractivity contribution < 1.29 is 9.53 Å². The van der Waals surface area contributed by atoms with Crippen LogP contribution in [0, 0.1) is 0 Å². The lowest BCUT2D eigenvalue weighted by Gasteiger charge is -2.12. The fraction of sp³-hybridized carbons (Fsp3) is 0.562. The van der Waals surface area contributed by atoms with Gasteiger partial charge in [-0.05, 0) is 30.9 Å². The second-order valence-electron chi connectivity index (χ2n) is 5.22. The van der Waals surface area contributed by atoms with Crippen molar-refractivity contribution in [3.63, 3.8) is 0 Å². The molecule has 20 heavy (non-hydrogen) atoms. The average Bonchev–Trinajstić information content (AvgIpc) is 2.94. The summed E-state index contributed by atoms with van der Waals surface area (Å²) in [5.41, 5.74) is 2.13. The molecular weight excluding hydrogens is 252 g/mol. The minimum absolute atomic E-state index is 0.00606. The number of amides is 1. The van der Waals surface area contributed by atoms with E-state index in [1.807, 2.05) is 18.2 Å². The summed E-state index contributed by atoms with van der Waals surface area (Å²) in [6.45, 7) is 4.08. The zero-order valence-corrected chi connectivity index (χ0v) is 12.2. The first-order chi connectivity index (χ1) is 9.79. The summed E-state index contributed by atoms with van der Waals surface area (Å²) in [6.07, 6.45) is 4.55. The Bertz CT molecular complexity index is 428. The van der Waals surface area contributed by atoms with Crippen molar-refractivity contribution in [2.45, 2.75) is 38.7 Å². The number of ether oxygens (including phenoxy) is 1. The van der Waals surface area contributed by atoms with Gasteiger partial charge in [0.15, 0.2) is 0 Å². The van der Waals surface area contributed by atoms with E-state index in [2.05, 4.69) is 23.6 Å². The van der Waals surface area contributed by atoms with Gasteiger partial charge in [0.05, 0.1) is 12.6 Å². The largest absolute Gasteiger partial charge is 0.377 e. The minimum atomic E-state index is 0.00606. The Labute approximate surface area is 120 Å². The number of anilines is 1. The van der Waals surface area contributed by atoms with Gasteiger partial charge in [0.25, 0.3) is 0 Å². The number of hydrogen-bond acceptors (Lipinski definition) is 3. The highest BCUT2D eigenvalue weighted by atomic mass is 16.5. The summed E-state index contributed by atoms with van der Waals surface area (Å²) >= 11 is 0. The monoisotopic (exact) mass is 276 g/mol. The molecule has 1 aliphatic rings. The minimum Gasteiger partial charge on any atom is -0.377 e. The molecule has 0 spiro atoms. The van der Waals surface area contributed by atoms with Crippen molar-refractivity contribution >= 4 is 11.6 Å². The first kappa shape index (κ1) is 15.0. The van der Waals surface area contributed by atoms with E-state index in [1.54, 1.807) is 0 Å². The molecule has 4 nitrogen and oxygen atoms in total. The highest BCUT2D eigenvalue weighted by molar-refractivity contribution is 5.92. The fourth-order valence-electron chi connectivity index (χ4n) is 2.48. The second-order valence-corrected chi connectivity index (χ2v) is 5.22. The lowest BCUT2D eigenvalue weighted by Crippen LogP contribution is -2.33. The third-order valence-corrected chi connectivity index (χ3v) is 3.49. The molecule has 0 radical (unpaired) electrons. The van der Waals surface area contributed by atoms with E-state index >= 15 is 0 Å². The number of benzene rings is 1. The van der Waals surface area contributed by atoms with E-state index in [0.717, 1.165) is 44.5 Å². The van der Waals surface area contributed by atoms with Gasteiger partial charge in [0, 0.05) is 18.8 Å². The quantitative estimate of drug-likeness (QED) is 0.803. The molecule has 0 aliphatic carbocycles. The maximum atomic E-state index is 11.9. The normalized spacial score (nSPS) is 18.1. The summed E-state index contributed by atoms with van der Waals surface area (Å²) in [5, 5.41) is 6.14. The fourth-order valence-corrected chi connectivity index (χ4v) is 2.48. The predicted octanol–water partition coefficient (Wildman–Crippen LogP) is 2.35. The second kappa shape index (κ2) is 8.02. The first-order valence-electron chi connectivity index (χ1n) is 7.49. The molecule has 2 rings (SSSR count). The Morgan fingerprint density at radius 1 is 1.40 bits per heavy atom. The molecule has 0 unspecified atom stereocenters. The summed E-state index contributed by atoms with van der Waals surface area (Å²) in [5.74, 6) is 0.00606. The van der Waals surface area contributed by atoms with Crippen LogP contribution in [0.2, 0.25) is 0 Å². The van der Waals surface area contributed by atoms with E-state index in [9.17, 15) is 4.79 Å². The molecule has 0 saturated carbocycles. The number of aryl methyl sites for hydroxylation is 1. The standard InChI is InChI=1S/C16H24N2O2/c1-2-6-13-7-3-4-9-15(13)18-16(19)12-17-11-14-8-5-10-20-14/h3-4,7,9,14,17H,2,5-6,8,10-12H2,1H3,(H,18,19)/t14-/m0/s1. The first-order valence-corrected chi connectivity index (χ1v) is 7.49. The third-order valence-electron chi connectivity index (χ3n) is 3.49. The third kappa shape index (κ3) is 4.62. The molecule has 1 fully saturated rings. The highest BCUT2D eigenvalue weighted by Crippen LogP contribution is 2.16. The molecule has 1 amide bonds. The van der Waals surface area contributed by atoms with E-state index in [-0.39, 0.29) is 12.0 Å². The van der Waals surface area contributed by atoms with E-state index in [4.69, 9.17) is 4.74 Å². The van der Waals surface area contributed by atoms with E-state index in [1.165, 1.54) is 5.56 Å². The van der Waals surface area contributed by atoms with Crippen LogP contribution < -0.4 is 10.6 Å². The zero-order chi connectivity index (χ0) is 14.2. The van der Waals surface area contributed by atoms with E-state index in [0.29, 0.717) is 6.54 Å². The Morgan fingerprint density at radius 3 is 3.00 bits per heavy atom. The number of hydrogen-bond donors (Lipinski definition) is 2. The van der Waals surface area contributed by atoms with Crippen LogP contribution >= 0.6 is 0 Å². The molecule has 0 bridgehead atoms. The maximum absolute atomic E-state index is 11.9. The zero-order valence-electron chi connectivity index (χ0n) is 12.2. The Hall–Kier alpha value is -1.39. The number of para-hydroxylation sites is 1. The lowest BCUT2D eigenvalue weighted by atomic mass is 10.1. The maximum Gasteiger partial charge on any atom is 0.238 e. The average molecular weight is 276 g/mol. The van der Waals surface area contributed by atoms with Crippen molar-refractivity contribution in [3.05, 3.63) is 29.8 Å². The Morgan fingerprint density at radius 2 is 2.25 bits per heavy atom. The van der Waals surface area contributed by atoms with E-state index < -0.39 is 0 Å². The lowest BCUT2D eigenvalue weighted by molar-refractivity contribution is -0.115. The van der Waals surface area contributed by atoms with Crippen molar-refractivity contribution in [1.82, 2.24) is 5.32 Å². The molecule has 1 aromatic rings. The Kier molecular flexibility index (Phi) is 6.02.